The molecule has 4 nitrogen and oxygen atoms in total. The Morgan fingerprint density at radius 1 is 1.39 bits per heavy atom. The molecule has 2 aromatic rings. The van der Waals surface area contributed by atoms with Crippen LogP contribution in [0.2, 0.25) is 0 Å². The number of thiophene rings is 1. The smallest absolute Gasteiger partial charge is 0.265 e. The fourth-order valence-electron chi connectivity index (χ4n) is 3.72. The number of carbonyl (C=O) groups excluding carboxylic acids is 1. The van der Waals surface area contributed by atoms with Gasteiger partial charge < -0.3 is 10.6 Å². The minimum Gasteiger partial charge on any atom is -0.337 e. The molecule has 4 rings (SSSR count). The second kappa shape index (κ2) is 6.51. The molecule has 1 amide bonds. The lowest BCUT2D eigenvalue weighted by Gasteiger charge is -2.18. The Hall–Kier alpha value is -0.950. The molecule has 1 aliphatic carbocycles. The summed E-state index contributed by atoms with van der Waals surface area (Å²) in [5.74, 6) is 1.23. The highest BCUT2D eigenvalue weighted by Gasteiger charge is 2.43. The minimum absolute atomic E-state index is 0. The molecular weight excluding hydrogens is 350 g/mol. The van der Waals surface area contributed by atoms with Gasteiger partial charge in [-0.15, -0.1) is 35.1 Å². The van der Waals surface area contributed by atoms with Gasteiger partial charge in [-0.1, -0.05) is 6.07 Å². The van der Waals surface area contributed by atoms with Gasteiger partial charge in [0.25, 0.3) is 5.91 Å². The zero-order valence-corrected chi connectivity index (χ0v) is 15.3. The summed E-state index contributed by atoms with van der Waals surface area (Å²) in [5.41, 5.74) is 7.02. The Morgan fingerprint density at radius 3 is 2.91 bits per heavy atom. The summed E-state index contributed by atoms with van der Waals surface area (Å²) >= 11 is 3.18. The van der Waals surface area contributed by atoms with Crippen molar-refractivity contribution in [3.63, 3.8) is 0 Å². The maximum atomic E-state index is 12.8. The first-order chi connectivity index (χ1) is 10.6. The molecule has 2 aliphatic rings. The topological polar surface area (TPSA) is 59.2 Å². The van der Waals surface area contributed by atoms with Crippen LogP contribution in [0, 0.1) is 18.8 Å². The number of likely N-dealkylation sites (tertiary alicyclic amines) is 1. The fraction of sp³-hybridized carbons (Fsp3) is 0.500. The van der Waals surface area contributed by atoms with Crippen molar-refractivity contribution in [1.29, 1.82) is 0 Å². The number of amides is 1. The quantitative estimate of drug-likeness (QED) is 0.882. The third kappa shape index (κ3) is 2.93. The van der Waals surface area contributed by atoms with Crippen molar-refractivity contribution in [2.75, 3.05) is 13.1 Å². The van der Waals surface area contributed by atoms with Gasteiger partial charge in [0.15, 0.2) is 0 Å². The van der Waals surface area contributed by atoms with Crippen LogP contribution in [0.25, 0.3) is 9.88 Å². The van der Waals surface area contributed by atoms with Crippen molar-refractivity contribution in [1.82, 2.24) is 9.88 Å². The molecule has 2 N–H and O–H groups in total. The van der Waals surface area contributed by atoms with Gasteiger partial charge in [-0.25, -0.2) is 4.98 Å². The Kier molecular flexibility index (Phi) is 4.78. The van der Waals surface area contributed by atoms with Crippen LogP contribution in [-0.2, 0) is 0 Å². The van der Waals surface area contributed by atoms with Crippen molar-refractivity contribution in [2.45, 2.75) is 25.8 Å². The van der Waals surface area contributed by atoms with Crippen molar-refractivity contribution in [3.05, 3.63) is 28.1 Å². The number of halogens is 1. The van der Waals surface area contributed by atoms with Crippen LogP contribution in [0.4, 0.5) is 0 Å². The molecule has 124 valence electrons. The number of thiazole rings is 1. The second-order valence-corrected chi connectivity index (χ2v) is 8.23. The first kappa shape index (κ1) is 16.9. The van der Waals surface area contributed by atoms with Crippen LogP contribution >= 0.6 is 35.1 Å². The summed E-state index contributed by atoms with van der Waals surface area (Å²) in [7, 11) is 0. The van der Waals surface area contributed by atoms with Crippen LogP contribution in [-0.4, -0.2) is 34.9 Å². The number of nitrogens with two attached hydrogens (primary N) is 1. The maximum absolute atomic E-state index is 12.8. The number of hydrogen-bond acceptors (Lipinski definition) is 5. The standard InChI is InChI=1S/C16H19N3OS2.ClH/c1-9-14(22-15(18-9)13-3-2-6-21-13)16(20)19-7-10-4-5-12(17)11(10)8-19;/h2-3,6,10-12H,4-5,7-8,17H2,1H3;1H. The van der Waals surface area contributed by atoms with Gasteiger partial charge in [0.05, 0.1) is 10.6 Å². The summed E-state index contributed by atoms with van der Waals surface area (Å²) in [4.78, 5) is 21.4. The summed E-state index contributed by atoms with van der Waals surface area (Å²) < 4.78 is 0. The molecule has 1 aliphatic heterocycles. The lowest BCUT2D eigenvalue weighted by Crippen LogP contribution is -2.33. The monoisotopic (exact) mass is 369 g/mol. The number of nitrogens with zero attached hydrogens (tertiary/aromatic N) is 2. The number of aryl methyl sites for hydroxylation is 1. The molecule has 2 aromatic heterocycles. The van der Waals surface area contributed by atoms with E-state index in [-0.39, 0.29) is 24.4 Å². The lowest BCUT2D eigenvalue weighted by molar-refractivity contribution is 0.0783. The molecule has 0 spiro atoms. The largest absolute Gasteiger partial charge is 0.337 e. The van der Waals surface area contributed by atoms with Crippen LogP contribution in [0.3, 0.4) is 0 Å². The highest BCUT2D eigenvalue weighted by atomic mass is 35.5. The molecule has 3 atom stereocenters. The van der Waals surface area contributed by atoms with Crippen molar-refractivity contribution < 1.29 is 4.79 Å². The minimum atomic E-state index is 0. The Labute approximate surface area is 150 Å². The molecule has 7 heteroatoms. The molecule has 2 fully saturated rings. The van der Waals surface area contributed by atoms with E-state index in [0.29, 0.717) is 11.8 Å². The van der Waals surface area contributed by atoms with E-state index in [0.717, 1.165) is 46.4 Å². The summed E-state index contributed by atoms with van der Waals surface area (Å²) in [6, 6.07) is 4.34. The van der Waals surface area contributed by atoms with Crippen LogP contribution < -0.4 is 5.73 Å². The average Bonchev–Trinajstić information content (AvgIpc) is 3.23. The van der Waals surface area contributed by atoms with Crippen LogP contribution in [0.5, 0.6) is 0 Å². The van der Waals surface area contributed by atoms with Gasteiger partial charge in [-0.05, 0) is 43.0 Å². The van der Waals surface area contributed by atoms with Crippen molar-refractivity contribution >= 4 is 41.0 Å². The second-order valence-electron chi connectivity index (χ2n) is 6.29. The van der Waals surface area contributed by atoms with Gasteiger partial charge in [-0.2, -0.15) is 0 Å². The van der Waals surface area contributed by atoms with Crippen LogP contribution in [0.1, 0.15) is 28.2 Å². The highest BCUT2D eigenvalue weighted by molar-refractivity contribution is 7.22. The Morgan fingerprint density at radius 2 is 2.22 bits per heavy atom. The van der Waals surface area contributed by atoms with E-state index in [4.69, 9.17) is 5.73 Å². The third-order valence-corrected chi connectivity index (χ3v) is 7.11. The molecule has 1 saturated carbocycles. The van der Waals surface area contributed by atoms with E-state index >= 15 is 0 Å². The third-order valence-electron chi connectivity index (χ3n) is 4.92. The van der Waals surface area contributed by atoms with E-state index < -0.39 is 0 Å². The normalized spacial score (nSPS) is 26.2. The summed E-state index contributed by atoms with van der Waals surface area (Å²) in [5, 5.41) is 2.99. The number of rotatable bonds is 2. The SMILES string of the molecule is Cc1nc(-c2cccs2)sc1C(=O)N1CC2CCC(N)C2C1.Cl. The Balaban J connectivity index is 0.00000156. The van der Waals surface area contributed by atoms with Crippen molar-refractivity contribution in [3.8, 4) is 9.88 Å². The maximum Gasteiger partial charge on any atom is 0.265 e. The van der Waals surface area contributed by atoms with E-state index in [2.05, 4.69) is 11.1 Å². The van der Waals surface area contributed by atoms with Gasteiger partial charge in [0, 0.05) is 19.1 Å². The predicted octanol–water partition coefficient (Wildman–Crippen LogP) is 3.41. The van der Waals surface area contributed by atoms with Crippen molar-refractivity contribution in [2.24, 2.45) is 17.6 Å². The molecule has 0 aromatic carbocycles. The average molecular weight is 370 g/mol. The lowest BCUT2D eigenvalue weighted by atomic mass is 9.98. The fourth-order valence-corrected chi connectivity index (χ4v) is 5.55. The zero-order chi connectivity index (χ0) is 15.3. The number of hydrogen-bond donors (Lipinski definition) is 1. The summed E-state index contributed by atoms with van der Waals surface area (Å²) in [6.45, 7) is 3.61. The number of carbonyl (C=O) groups is 1. The summed E-state index contributed by atoms with van der Waals surface area (Å²) in [6.07, 6.45) is 2.28. The Bertz CT molecular complexity index is 700. The molecule has 0 radical (unpaired) electrons. The molecule has 0 bridgehead atoms. The van der Waals surface area contributed by atoms with E-state index in [1.54, 1.807) is 11.3 Å². The molecule has 3 unspecified atom stereocenters. The predicted molar refractivity (Wildman–Crippen MR) is 97.5 cm³/mol. The first-order valence-electron chi connectivity index (χ1n) is 7.69. The molecule has 3 heterocycles. The van der Waals surface area contributed by atoms with E-state index in [1.165, 1.54) is 11.3 Å². The molecule has 1 saturated heterocycles. The number of fused-ring (bicyclic) bond motifs is 1. The number of aromatic nitrogens is 1. The van der Waals surface area contributed by atoms with Gasteiger partial charge >= 0.3 is 0 Å². The highest BCUT2D eigenvalue weighted by Crippen LogP contribution is 2.39. The van der Waals surface area contributed by atoms with Gasteiger partial charge in [0.1, 0.15) is 9.88 Å². The van der Waals surface area contributed by atoms with E-state index in [9.17, 15) is 4.79 Å². The molecular formula is C16H20ClN3OS2. The van der Waals surface area contributed by atoms with Gasteiger partial charge in [0.2, 0.25) is 0 Å². The van der Waals surface area contributed by atoms with E-state index in [1.807, 2.05) is 23.3 Å². The van der Waals surface area contributed by atoms with Crippen LogP contribution in [0.15, 0.2) is 17.5 Å². The first-order valence-corrected chi connectivity index (χ1v) is 9.39. The zero-order valence-electron chi connectivity index (χ0n) is 12.9. The van der Waals surface area contributed by atoms with Gasteiger partial charge in [-0.3, -0.25) is 4.79 Å². The molecule has 23 heavy (non-hydrogen) atoms.